The highest BCUT2D eigenvalue weighted by Crippen LogP contribution is 2.35. The van der Waals surface area contributed by atoms with Crippen LogP contribution in [0.5, 0.6) is 0 Å². The van der Waals surface area contributed by atoms with Gasteiger partial charge in [0.05, 0.1) is 12.0 Å². The maximum Gasteiger partial charge on any atom is 0.347 e. The topological polar surface area (TPSA) is 52.6 Å². The Morgan fingerprint density at radius 3 is 1.89 bits per heavy atom. The molecule has 0 aromatic carbocycles. The lowest BCUT2D eigenvalue weighted by molar-refractivity contribution is -0.179. The summed E-state index contributed by atoms with van der Waals surface area (Å²) in [6.45, 7) is 16.6. The molecule has 0 spiro atoms. The Hall–Kier alpha value is -1.06. The lowest BCUT2D eigenvalue weighted by Crippen LogP contribution is -2.41. The Labute approximate surface area is 174 Å². The number of carbonyl (C=O) groups is 2. The van der Waals surface area contributed by atoms with Crippen LogP contribution in [-0.4, -0.2) is 24.6 Å². The predicted molar refractivity (Wildman–Crippen MR) is 116 cm³/mol. The van der Waals surface area contributed by atoms with Crippen molar-refractivity contribution in [3.05, 3.63) is 0 Å². The van der Waals surface area contributed by atoms with Crippen LogP contribution in [0.3, 0.4) is 0 Å². The van der Waals surface area contributed by atoms with Crippen LogP contribution in [0, 0.1) is 16.7 Å². The number of hydrogen-bond donors (Lipinski definition) is 0. The first-order valence-corrected chi connectivity index (χ1v) is 11.4. The van der Waals surface area contributed by atoms with Gasteiger partial charge in [0.15, 0.2) is 0 Å². The summed E-state index contributed by atoms with van der Waals surface area (Å²) in [5.74, 6) is -0.653. The molecule has 28 heavy (non-hydrogen) atoms. The molecule has 4 nitrogen and oxygen atoms in total. The van der Waals surface area contributed by atoms with Crippen molar-refractivity contribution >= 4 is 11.9 Å². The zero-order chi connectivity index (χ0) is 21.8. The van der Waals surface area contributed by atoms with E-state index in [9.17, 15) is 9.59 Å². The highest BCUT2D eigenvalue weighted by Gasteiger charge is 2.39. The molecule has 2 atom stereocenters. The average Bonchev–Trinajstić information content (AvgIpc) is 2.57. The third kappa shape index (κ3) is 11.1. The first-order valence-electron chi connectivity index (χ1n) is 11.4. The van der Waals surface area contributed by atoms with Gasteiger partial charge in [0.25, 0.3) is 0 Å². The molecule has 2 unspecified atom stereocenters. The number of esters is 2. The summed E-state index contributed by atoms with van der Waals surface area (Å²) >= 11 is 0. The Kier molecular flexibility index (Phi) is 12.7. The Bertz CT molecular complexity index is 448. The normalized spacial score (nSPS) is 14.4. The molecule has 0 aliphatic carbocycles. The zero-order valence-corrected chi connectivity index (χ0v) is 19.9. The Morgan fingerprint density at radius 1 is 0.821 bits per heavy atom. The van der Waals surface area contributed by atoms with Gasteiger partial charge in [-0.15, -0.1) is 0 Å². The van der Waals surface area contributed by atoms with Crippen molar-refractivity contribution in [2.24, 2.45) is 16.7 Å². The van der Waals surface area contributed by atoms with E-state index in [2.05, 4.69) is 34.6 Å². The van der Waals surface area contributed by atoms with Gasteiger partial charge in [-0.25, -0.2) is 4.79 Å². The SMILES string of the molecule is CCCCCCC(CCCC)C(OC(=O)C(C)(C)CC(C)(C)C)C(=O)OCC. The predicted octanol–water partition coefficient (Wildman–Crippen LogP) is 6.70. The maximum atomic E-state index is 13.0. The Balaban J connectivity index is 5.37. The van der Waals surface area contributed by atoms with E-state index in [1.807, 2.05) is 13.8 Å². The number of carbonyl (C=O) groups excluding carboxylic acids is 2. The maximum absolute atomic E-state index is 13.0. The molecule has 0 bridgehead atoms. The van der Waals surface area contributed by atoms with E-state index >= 15 is 0 Å². The summed E-state index contributed by atoms with van der Waals surface area (Å²) in [5, 5.41) is 0. The molecule has 0 aromatic rings. The number of hydrogen-bond acceptors (Lipinski definition) is 4. The summed E-state index contributed by atoms with van der Waals surface area (Å²) in [6.07, 6.45) is 8.36. The van der Waals surface area contributed by atoms with Gasteiger partial charge in [-0.3, -0.25) is 4.79 Å². The summed E-state index contributed by atoms with van der Waals surface area (Å²) in [5.41, 5.74) is -0.635. The largest absolute Gasteiger partial charge is 0.463 e. The lowest BCUT2D eigenvalue weighted by Gasteiger charge is -2.33. The molecule has 4 heteroatoms. The summed E-state index contributed by atoms with van der Waals surface area (Å²) in [7, 11) is 0. The van der Waals surface area contributed by atoms with E-state index in [0.717, 1.165) is 38.5 Å². The van der Waals surface area contributed by atoms with Crippen molar-refractivity contribution in [2.45, 2.75) is 119 Å². The Morgan fingerprint density at radius 2 is 1.39 bits per heavy atom. The van der Waals surface area contributed by atoms with Gasteiger partial charge in [0.2, 0.25) is 6.10 Å². The molecule has 166 valence electrons. The van der Waals surface area contributed by atoms with E-state index in [4.69, 9.17) is 9.47 Å². The van der Waals surface area contributed by atoms with Gasteiger partial charge in [-0.05, 0) is 45.4 Å². The summed E-state index contributed by atoms with van der Waals surface area (Å²) in [4.78, 5) is 25.7. The third-order valence-electron chi connectivity index (χ3n) is 5.06. The second-order valence-corrected chi connectivity index (χ2v) is 9.95. The van der Waals surface area contributed by atoms with Gasteiger partial charge < -0.3 is 9.47 Å². The number of unbranched alkanes of at least 4 members (excludes halogenated alkanes) is 4. The minimum atomic E-state index is -0.792. The van der Waals surface area contributed by atoms with Gasteiger partial charge >= 0.3 is 11.9 Å². The first kappa shape index (κ1) is 26.9. The van der Waals surface area contributed by atoms with Crippen molar-refractivity contribution in [3.8, 4) is 0 Å². The number of rotatable bonds is 14. The van der Waals surface area contributed by atoms with E-state index in [-0.39, 0.29) is 23.3 Å². The van der Waals surface area contributed by atoms with E-state index in [1.165, 1.54) is 12.8 Å². The van der Waals surface area contributed by atoms with Crippen LogP contribution in [0.1, 0.15) is 113 Å². The van der Waals surface area contributed by atoms with Gasteiger partial charge in [0.1, 0.15) is 0 Å². The van der Waals surface area contributed by atoms with Crippen LogP contribution < -0.4 is 0 Å². The van der Waals surface area contributed by atoms with Crippen LogP contribution >= 0.6 is 0 Å². The first-order chi connectivity index (χ1) is 13.0. The van der Waals surface area contributed by atoms with Gasteiger partial charge in [0, 0.05) is 5.92 Å². The van der Waals surface area contributed by atoms with Crippen LogP contribution in [0.25, 0.3) is 0 Å². The van der Waals surface area contributed by atoms with Crippen molar-refractivity contribution < 1.29 is 19.1 Å². The van der Waals surface area contributed by atoms with Crippen molar-refractivity contribution in [1.29, 1.82) is 0 Å². The summed E-state index contributed by atoms with van der Waals surface area (Å²) < 4.78 is 11.2. The smallest absolute Gasteiger partial charge is 0.347 e. The van der Waals surface area contributed by atoms with Crippen molar-refractivity contribution in [2.75, 3.05) is 6.61 Å². The average molecular weight is 399 g/mol. The van der Waals surface area contributed by atoms with Crippen molar-refractivity contribution in [1.82, 2.24) is 0 Å². The monoisotopic (exact) mass is 398 g/mol. The second-order valence-electron chi connectivity index (χ2n) is 9.95. The molecule has 0 saturated heterocycles. The molecule has 0 aromatic heterocycles. The van der Waals surface area contributed by atoms with Crippen LogP contribution in [0.15, 0.2) is 0 Å². The summed E-state index contributed by atoms with van der Waals surface area (Å²) in [6, 6.07) is 0. The molecule has 0 heterocycles. The fourth-order valence-electron chi connectivity index (χ4n) is 3.98. The second kappa shape index (κ2) is 13.2. The molecule has 0 aliphatic heterocycles. The highest BCUT2D eigenvalue weighted by molar-refractivity contribution is 5.82. The minimum absolute atomic E-state index is 0.00368. The molecule has 0 saturated carbocycles. The van der Waals surface area contributed by atoms with E-state index < -0.39 is 11.5 Å². The van der Waals surface area contributed by atoms with Gasteiger partial charge in [-0.1, -0.05) is 73.1 Å². The van der Waals surface area contributed by atoms with Crippen LogP contribution in [0.2, 0.25) is 0 Å². The molecule has 0 N–H and O–H groups in total. The fourth-order valence-corrected chi connectivity index (χ4v) is 3.98. The van der Waals surface area contributed by atoms with E-state index in [1.54, 1.807) is 6.92 Å². The molecule has 0 radical (unpaired) electrons. The minimum Gasteiger partial charge on any atom is -0.463 e. The standard InChI is InChI=1S/C24H46O4/c1-9-12-14-15-17-19(16-13-10-2)20(21(25)27-11-3)28-22(26)24(7,8)18-23(4,5)6/h19-20H,9-18H2,1-8H3. The molecule has 0 fully saturated rings. The molecule has 0 amide bonds. The lowest BCUT2D eigenvalue weighted by atomic mass is 9.76. The highest BCUT2D eigenvalue weighted by atomic mass is 16.6. The molecule has 0 rings (SSSR count). The van der Waals surface area contributed by atoms with Crippen LogP contribution in [-0.2, 0) is 19.1 Å². The zero-order valence-electron chi connectivity index (χ0n) is 19.9. The molecular formula is C24H46O4. The van der Waals surface area contributed by atoms with Crippen LogP contribution in [0.4, 0.5) is 0 Å². The number of ether oxygens (including phenoxy) is 2. The fraction of sp³-hybridized carbons (Fsp3) is 0.917. The quantitative estimate of drug-likeness (QED) is 0.241. The third-order valence-corrected chi connectivity index (χ3v) is 5.06. The van der Waals surface area contributed by atoms with E-state index in [0.29, 0.717) is 13.0 Å². The molecular weight excluding hydrogens is 352 g/mol. The van der Waals surface area contributed by atoms with Crippen molar-refractivity contribution in [3.63, 3.8) is 0 Å². The van der Waals surface area contributed by atoms with Gasteiger partial charge in [-0.2, -0.15) is 0 Å². The molecule has 0 aliphatic rings.